The summed E-state index contributed by atoms with van der Waals surface area (Å²) in [5, 5.41) is 4.87. The summed E-state index contributed by atoms with van der Waals surface area (Å²) in [7, 11) is 0. The van der Waals surface area contributed by atoms with E-state index in [1.165, 1.54) is 66.1 Å². The van der Waals surface area contributed by atoms with Crippen molar-refractivity contribution in [3.8, 4) is 22.3 Å². The van der Waals surface area contributed by atoms with Crippen LogP contribution in [0.3, 0.4) is 0 Å². The van der Waals surface area contributed by atoms with Crippen molar-refractivity contribution in [1.82, 2.24) is 0 Å². The molecule has 1 atom stereocenters. The Balaban J connectivity index is 1.54. The highest BCUT2D eigenvalue weighted by Gasteiger charge is 2.53. The first kappa shape index (κ1) is 20.0. The molecule has 0 amide bonds. The molecule has 1 heterocycles. The van der Waals surface area contributed by atoms with Gasteiger partial charge in [0.1, 0.15) is 11.2 Å². The van der Waals surface area contributed by atoms with Crippen LogP contribution in [0.4, 0.5) is 0 Å². The summed E-state index contributed by atoms with van der Waals surface area (Å²) in [6.45, 7) is 0. The number of hydrogen-bond acceptors (Lipinski definition) is 1. The predicted octanol–water partition coefficient (Wildman–Crippen LogP) is 9.85. The monoisotopic (exact) mass is 534 g/mol. The highest BCUT2D eigenvalue weighted by molar-refractivity contribution is 9.10. The van der Waals surface area contributed by atoms with Gasteiger partial charge in [-0.1, -0.05) is 119 Å². The molecule has 0 bridgehead atoms. The van der Waals surface area contributed by atoms with E-state index in [9.17, 15) is 0 Å². The van der Waals surface area contributed by atoms with Crippen molar-refractivity contribution >= 4 is 48.6 Å². The van der Waals surface area contributed by atoms with E-state index < -0.39 is 5.41 Å². The van der Waals surface area contributed by atoms with Crippen LogP contribution in [-0.2, 0) is 5.41 Å². The van der Waals surface area contributed by atoms with E-state index >= 15 is 0 Å². The van der Waals surface area contributed by atoms with Gasteiger partial charge in [0.2, 0.25) is 0 Å². The Kier molecular flexibility index (Phi) is 3.66. The van der Waals surface area contributed by atoms with Gasteiger partial charge in [-0.15, -0.1) is 0 Å². The van der Waals surface area contributed by atoms with E-state index in [4.69, 9.17) is 4.42 Å². The van der Waals surface area contributed by atoms with E-state index in [2.05, 4.69) is 125 Å². The molecule has 2 aliphatic carbocycles. The van der Waals surface area contributed by atoms with Gasteiger partial charge in [-0.3, -0.25) is 0 Å². The molecule has 9 rings (SSSR count). The van der Waals surface area contributed by atoms with Crippen LogP contribution in [-0.4, -0.2) is 0 Å². The summed E-state index contributed by atoms with van der Waals surface area (Å²) in [6.07, 6.45) is 0. The molecule has 0 N–H and O–H groups in total. The molecule has 172 valence electrons. The standard InChI is InChI=1S/C35H19BrO/c36-30-19-29-32(22-11-2-1-9-20(22)30)24-12-3-6-14-26(24)35(29)27-15-7-4-13-25(27)33-28(35)18-17-23-21-10-5-8-16-31(21)37-34(23)33/h1-19H. The first-order valence-electron chi connectivity index (χ1n) is 12.6. The van der Waals surface area contributed by atoms with E-state index in [0.29, 0.717) is 0 Å². The van der Waals surface area contributed by atoms with Gasteiger partial charge >= 0.3 is 0 Å². The van der Waals surface area contributed by atoms with Gasteiger partial charge in [0.25, 0.3) is 0 Å². The minimum Gasteiger partial charge on any atom is -0.455 e. The minimum absolute atomic E-state index is 0.405. The lowest BCUT2D eigenvalue weighted by Crippen LogP contribution is -2.25. The van der Waals surface area contributed by atoms with E-state index in [1.54, 1.807) is 0 Å². The third kappa shape index (κ3) is 2.23. The predicted molar refractivity (Wildman–Crippen MR) is 155 cm³/mol. The molecule has 1 unspecified atom stereocenters. The molecule has 2 aliphatic rings. The smallest absolute Gasteiger partial charge is 0.143 e. The summed E-state index contributed by atoms with van der Waals surface area (Å²) >= 11 is 3.95. The highest BCUT2D eigenvalue weighted by atomic mass is 79.9. The molecule has 1 nitrogen and oxygen atoms in total. The Bertz CT molecular complexity index is 2110. The van der Waals surface area contributed by atoms with Gasteiger partial charge in [-0.25, -0.2) is 0 Å². The topological polar surface area (TPSA) is 13.1 Å². The fourth-order valence-corrected chi connectivity index (χ4v) is 7.79. The van der Waals surface area contributed by atoms with Gasteiger partial charge < -0.3 is 4.42 Å². The fourth-order valence-electron chi connectivity index (χ4n) is 7.21. The zero-order valence-electron chi connectivity index (χ0n) is 19.8. The average Bonchev–Trinajstić information content (AvgIpc) is 3.57. The minimum atomic E-state index is -0.405. The van der Waals surface area contributed by atoms with Crippen molar-refractivity contribution in [2.45, 2.75) is 5.41 Å². The molecule has 37 heavy (non-hydrogen) atoms. The highest BCUT2D eigenvalue weighted by Crippen LogP contribution is 2.65. The van der Waals surface area contributed by atoms with Crippen molar-refractivity contribution in [3.63, 3.8) is 0 Å². The Morgan fingerprint density at radius 1 is 0.486 bits per heavy atom. The SMILES string of the molecule is Brc1cc2c(c3ccccc13)-c1ccccc1C21c2ccccc2-c2c1ccc1c2oc2ccccc21. The maximum Gasteiger partial charge on any atom is 0.143 e. The average molecular weight is 535 g/mol. The number of hydrogen-bond donors (Lipinski definition) is 0. The number of furan rings is 1. The lowest BCUT2D eigenvalue weighted by atomic mass is 9.70. The second-order valence-electron chi connectivity index (χ2n) is 10.1. The van der Waals surface area contributed by atoms with Crippen molar-refractivity contribution in [3.05, 3.63) is 142 Å². The second kappa shape index (κ2) is 6.79. The lowest BCUT2D eigenvalue weighted by Gasteiger charge is -2.30. The number of benzene rings is 6. The van der Waals surface area contributed by atoms with Crippen LogP contribution in [0.5, 0.6) is 0 Å². The van der Waals surface area contributed by atoms with Crippen molar-refractivity contribution < 1.29 is 4.42 Å². The quantitative estimate of drug-likeness (QED) is 0.188. The molecular weight excluding hydrogens is 516 g/mol. The fraction of sp³-hybridized carbons (Fsp3) is 0.0286. The molecule has 0 saturated carbocycles. The Labute approximate surface area is 222 Å². The number of halogens is 1. The molecule has 1 spiro atoms. The first-order valence-corrected chi connectivity index (χ1v) is 13.4. The third-order valence-electron chi connectivity index (χ3n) is 8.55. The Hall–Kier alpha value is -4.14. The number of rotatable bonds is 0. The summed E-state index contributed by atoms with van der Waals surface area (Å²) in [5.74, 6) is 0. The normalized spacial score (nSPS) is 16.9. The van der Waals surface area contributed by atoms with E-state index in [0.717, 1.165) is 15.6 Å². The zero-order valence-corrected chi connectivity index (χ0v) is 21.3. The van der Waals surface area contributed by atoms with E-state index in [1.807, 2.05) is 6.07 Å². The zero-order chi connectivity index (χ0) is 24.3. The maximum absolute atomic E-state index is 6.62. The lowest BCUT2D eigenvalue weighted by molar-refractivity contribution is 0.669. The molecule has 0 aliphatic heterocycles. The van der Waals surface area contributed by atoms with Crippen LogP contribution in [0.2, 0.25) is 0 Å². The Morgan fingerprint density at radius 2 is 1.11 bits per heavy atom. The summed E-state index contributed by atoms with van der Waals surface area (Å²) in [5.41, 5.74) is 11.9. The second-order valence-corrected chi connectivity index (χ2v) is 11.0. The molecule has 2 heteroatoms. The van der Waals surface area contributed by atoms with Gasteiger partial charge in [0.15, 0.2) is 0 Å². The number of para-hydroxylation sites is 1. The number of fused-ring (bicyclic) bond motifs is 16. The van der Waals surface area contributed by atoms with E-state index in [-0.39, 0.29) is 0 Å². The van der Waals surface area contributed by atoms with Gasteiger partial charge in [0.05, 0.1) is 5.41 Å². The first-order chi connectivity index (χ1) is 18.3. The molecule has 7 aromatic rings. The third-order valence-corrected chi connectivity index (χ3v) is 9.21. The van der Waals surface area contributed by atoms with Crippen LogP contribution in [0.15, 0.2) is 124 Å². The van der Waals surface area contributed by atoms with Crippen LogP contribution in [0.25, 0.3) is 55.0 Å². The van der Waals surface area contributed by atoms with Crippen molar-refractivity contribution in [2.24, 2.45) is 0 Å². The van der Waals surface area contributed by atoms with Crippen molar-refractivity contribution in [1.29, 1.82) is 0 Å². The summed E-state index contributed by atoms with van der Waals surface area (Å²) in [4.78, 5) is 0. The maximum atomic E-state index is 6.62. The Morgan fingerprint density at radius 3 is 1.89 bits per heavy atom. The summed E-state index contributed by atoms with van der Waals surface area (Å²) < 4.78 is 7.74. The summed E-state index contributed by atoms with van der Waals surface area (Å²) in [6, 6.07) is 42.0. The van der Waals surface area contributed by atoms with Gasteiger partial charge in [-0.05, 0) is 61.8 Å². The molecule has 1 aromatic heterocycles. The molecule has 6 aromatic carbocycles. The molecule has 0 fully saturated rings. The van der Waals surface area contributed by atoms with Crippen LogP contribution < -0.4 is 0 Å². The van der Waals surface area contributed by atoms with Crippen LogP contribution in [0, 0.1) is 0 Å². The largest absolute Gasteiger partial charge is 0.455 e. The molecule has 0 radical (unpaired) electrons. The van der Waals surface area contributed by atoms with Crippen LogP contribution >= 0.6 is 15.9 Å². The van der Waals surface area contributed by atoms with Crippen LogP contribution in [0.1, 0.15) is 22.3 Å². The molecule has 0 saturated heterocycles. The van der Waals surface area contributed by atoms with Crippen molar-refractivity contribution in [2.75, 3.05) is 0 Å². The van der Waals surface area contributed by atoms with Gasteiger partial charge in [0, 0.05) is 20.8 Å². The molecular formula is C35H19BrO. The van der Waals surface area contributed by atoms with Gasteiger partial charge in [-0.2, -0.15) is 0 Å².